The van der Waals surface area contributed by atoms with Gasteiger partial charge in [-0.05, 0) is 77.5 Å². The van der Waals surface area contributed by atoms with Crippen molar-refractivity contribution in [3.05, 3.63) is 128 Å². The largest absolute Gasteiger partial charge is 0.309 e. The molecule has 8 aromatic rings. The summed E-state index contributed by atoms with van der Waals surface area (Å²) in [6.07, 6.45) is 2.12. The number of hydrogen-bond donors (Lipinski definition) is 0. The first kappa shape index (κ1) is 19.4. The van der Waals surface area contributed by atoms with E-state index in [2.05, 4.69) is 131 Å². The average molecular weight is 460 g/mol. The van der Waals surface area contributed by atoms with Gasteiger partial charge in [-0.2, -0.15) is 0 Å². The Bertz CT molecular complexity index is 2100. The summed E-state index contributed by atoms with van der Waals surface area (Å²) < 4.78 is 4.57. The van der Waals surface area contributed by atoms with Gasteiger partial charge in [0.05, 0.1) is 22.1 Å². The Labute approximate surface area is 207 Å². The first-order valence-electron chi connectivity index (χ1n) is 12.2. The van der Waals surface area contributed by atoms with E-state index in [0.717, 1.165) is 22.2 Å². The third kappa shape index (κ3) is 2.77. The maximum atomic E-state index is 4.94. The van der Waals surface area contributed by atoms with Crippen LogP contribution in [0, 0.1) is 0 Å². The van der Waals surface area contributed by atoms with E-state index >= 15 is 0 Å². The van der Waals surface area contributed by atoms with Crippen molar-refractivity contribution in [3.63, 3.8) is 0 Å². The highest BCUT2D eigenvalue weighted by molar-refractivity contribution is 6.15. The average Bonchev–Trinajstić information content (AvgIpc) is 3.49. The Morgan fingerprint density at radius 3 is 2.19 bits per heavy atom. The topological polar surface area (TPSA) is 22.8 Å². The summed E-state index contributed by atoms with van der Waals surface area (Å²) in [4.78, 5) is 4.94. The second kappa shape index (κ2) is 7.30. The van der Waals surface area contributed by atoms with Gasteiger partial charge >= 0.3 is 0 Å². The van der Waals surface area contributed by atoms with E-state index in [1.54, 1.807) is 0 Å². The number of para-hydroxylation sites is 3. The summed E-state index contributed by atoms with van der Waals surface area (Å²) in [7, 11) is 0. The molecule has 0 aliphatic rings. The Morgan fingerprint density at radius 2 is 1.25 bits per heavy atom. The molecule has 5 aromatic carbocycles. The molecule has 0 radical (unpaired) electrons. The molecular formula is C33H21N3. The zero-order valence-corrected chi connectivity index (χ0v) is 19.5. The molecule has 0 spiro atoms. The molecule has 0 amide bonds. The number of fused-ring (bicyclic) bond motifs is 6. The van der Waals surface area contributed by atoms with Crippen LogP contribution in [0.25, 0.3) is 65.9 Å². The third-order valence-electron chi connectivity index (χ3n) is 7.28. The lowest BCUT2D eigenvalue weighted by atomic mass is 10.0. The van der Waals surface area contributed by atoms with E-state index < -0.39 is 0 Å². The zero-order chi connectivity index (χ0) is 23.6. The lowest BCUT2D eigenvalue weighted by Gasteiger charge is -2.09. The quantitative estimate of drug-likeness (QED) is 0.254. The maximum Gasteiger partial charge on any atom is 0.137 e. The monoisotopic (exact) mass is 459 g/mol. The fourth-order valence-corrected chi connectivity index (χ4v) is 5.59. The van der Waals surface area contributed by atoms with E-state index in [0.29, 0.717) is 0 Å². The molecule has 0 atom stereocenters. The molecule has 3 heterocycles. The van der Waals surface area contributed by atoms with Gasteiger partial charge in [0.1, 0.15) is 5.82 Å². The second-order valence-electron chi connectivity index (χ2n) is 9.36. The Balaban J connectivity index is 1.40. The second-order valence-corrected chi connectivity index (χ2v) is 9.36. The summed E-state index contributed by atoms with van der Waals surface area (Å²) in [5.41, 5.74) is 5.80. The van der Waals surface area contributed by atoms with Crippen molar-refractivity contribution in [2.75, 3.05) is 0 Å². The predicted octanol–water partition coefficient (Wildman–Crippen LogP) is 8.43. The van der Waals surface area contributed by atoms with Crippen LogP contribution in [0.4, 0.5) is 0 Å². The highest BCUT2D eigenvalue weighted by atomic mass is 15.0. The van der Waals surface area contributed by atoms with Gasteiger partial charge in [0.25, 0.3) is 0 Å². The highest BCUT2D eigenvalue weighted by Gasteiger charge is 2.14. The minimum Gasteiger partial charge on any atom is -0.309 e. The van der Waals surface area contributed by atoms with E-state index in [9.17, 15) is 0 Å². The zero-order valence-electron chi connectivity index (χ0n) is 19.5. The van der Waals surface area contributed by atoms with Crippen LogP contribution in [-0.4, -0.2) is 14.1 Å². The summed E-state index contributed by atoms with van der Waals surface area (Å²) in [5.74, 6) is 0.935. The van der Waals surface area contributed by atoms with Crippen molar-refractivity contribution >= 4 is 54.4 Å². The molecule has 0 bridgehead atoms. The lowest BCUT2D eigenvalue weighted by molar-refractivity contribution is 1.06. The van der Waals surface area contributed by atoms with E-state index in [1.807, 2.05) is 6.07 Å². The van der Waals surface area contributed by atoms with Crippen LogP contribution in [0.3, 0.4) is 0 Å². The minimum atomic E-state index is 0.935. The maximum absolute atomic E-state index is 4.94. The first-order valence-corrected chi connectivity index (χ1v) is 12.2. The summed E-state index contributed by atoms with van der Waals surface area (Å²) in [6.45, 7) is 0. The standard InChI is InChI=1S/C33H21N3/c1-2-9-26(10-3-1)36-30-13-7-5-11-27(30)28-19-25-20-31-23(18-24(25)21-32(28)36)16-17-35(31)33-15-14-22-8-4-6-12-29(22)34-33/h1-21H. The SMILES string of the molecule is c1ccc(-n2c3ccccc3c3cc4cc5c(ccn5-c5ccc6ccccc6n5)cc4cc32)cc1. The molecule has 0 aliphatic carbocycles. The molecule has 0 saturated heterocycles. The van der Waals surface area contributed by atoms with Crippen molar-refractivity contribution in [1.82, 2.24) is 14.1 Å². The Kier molecular flexibility index (Phi) is 3.94. The number of hydrogen-bond acceptors (Lipinski definition) is 1. The van der Waals surface area contributed by atoms with Gasteiger partial charge in [-0.25, -0.2) is 4.98 Å². The van der Waals surface area contributed by atoms with Crippen LogP contribution in [0.1, 0.15) is 0 Å². The lowest BCUT2D eigenvalue weighted by Crippen LogP contribution is -1.96. The number of aromatic nitrogens is 3. The third-order valence-corrected chi connectivity index (χ3v) is 7.28. The van der Waals surface area contributed by atoms with Crippen LogP contribution < -0.4 is 0 Å². The van der Waals surface area contributed by atoms with E-state index in [1.165, 1.54) is 43.7 Å². The predicted molar refractivity (Wildman–Crippen MR) is 150 cm³/mol. The smallest absolute Gasteiger partial charge is 0.137 e. The van der Waals surface area contributed by atoms with Gasteiger partial charge in [0.15, 0.2) is 0 Å². The van der Waals surface area contributed by atoms with Crippen LogP contribution in [-0.2, 0) is 0 Å². The number of rotatable bonds is 2. The van der Waals surface area contributed by atoms with Crippen LogP contribution in [0.5, 0.6) is 0 Å². The highest BCUT2D eigenvalue weighted by Crippen LogP contribution is 2.36. The van der Waals surface area contributed by atoms with Crippen LogP contribution in [0.15, 0.2) is 128 Å². The first-order chi connectivity index (χ1) is 17.8. The van der Waals surface area contributed by atoms with Gasteiger partial charge in [0.2, 0.25) is 0 Å². The summed E-state index contributed by atoms with van der Waals surface area (Å²) >= 11 is 0. The molecule has 0 aliphatic heterocycles. The van der Waals surface area contributed by atoms with Crippen molar-refractivity contribution in [1.29, 1.82) is 0 Å². The molecule has 8 rings (SSSR count). The summed E-state index contributed by atoms with van der Waals surface area (Å²) in [6, 6.07) is 43.3. The molecule has 0 unspecified atom stereocenters. The number of pyridine rings is 1. The van der Waals surface area contributed by atoms with Crippen molar-refractivity contribution in [2.45, 2.75) is 0 Å². The minimum absolute atomic E-state index is 0.935. The van der Waals surface area contributed by atoms with Crippen LogP contribution >= 0.6 is 0 Å². The molecule has 3 aromatic heterocycles. The Hall–Kier alpha value is -4.89. The van der Waals surface area contributed by atoms with Crippen molar-refractivity contribution < 1.29 is 0 Å². The molecule has 3 nitrogen and oxygen atoms in total. The molecule has 168 valence electrons. The van der Waals surface area contributed by atoms with Gasteiger partial charge in [0, 0.05) is 33.4 Å². The van der Waals surface area contributed by atoms with Gasteiger partial charge < -0.3 is 9.13 Å². The van der Waals surface area contributed by atoms with Gasteiger partial charge in [-0.3, -0.25) is 0 Å². The van der Waals surface area contributed by atoms with E-state index in [-0.39, 0.29) is 0 Å². The van der Waals surface area contributed by atoms with E-state index in [4.69, 9.17) is 4.98 Å². The normalized spacial score (nSPS) is 11.9. The van der Waals surface area contributed by atoms with Crippen molar-refractivity contribution in [3.8, 4) is 11.5 Å². The van der Waals surface area contributed by atoms with Gasteiger partial charge in [-0.15, -0.1) is 0 Å². The Morgan fingerprint density at radius 1 is 0.472 bits per heavy atom. The number of nitrogens with zero attached hydrogens (tertiary/aromatic N) is 3. The summed E-state index contributed by atoms with van der Waals surface area (Å²) in [5, 5.41) is 7.36. The van der Waals surface area contributed by atoms with Crippen molar-refractivity contribution in [2.24, 2.45) is 0 Å². The van der Waals surface area contributed by atoms with Crippen LogP contribution in [0.2, 0.25) is 0 Å². The molecule has 0 saturated carbocycles. The fraction of sp³-hybridized carbons (Fsp3) is 0. The molecule has 0 fully saturated rings. The fourth-order valence-electron chi connectivity index (χ4n) is 5.59. The molecule has 0 N–H and O–H groups in total. The molecular weight excluding hydrogens is 438 g/mol. The van der Waals surface area contributed by atoms with Gasteiger partial charge in [-0.1, -0.05) is 54.6 Å². The molecule has 3 heteroatoms. The number of benzene rings is 5. The molecule has 36 heavy (non-hydrogen) atoms.